The monoisotopic (exact) mass is 425 g/mol. The first-order chi connectivity index (χ1) is 12.0. The van der Waals surface area contributed by atoms with Gasteiger partial charge in [0.15, 0.2) is 0 Å². The summed E-state index contributed by atoms with van der Waals surface area (Å²) in [6.45, 7) is 2.24. The summed E-state index contributed by atoms with van der Waals surface area (Å²) < 4.78 is 14.7. The summed E-state index contributed by atoms with van der Waals surface area (Å²) in [5.74, 6) is -1.44. The zero-order chi connectivity index (χ0) is 18.0. The summed E-state index contributed by atoms with van der Waals surface area (Å²) in [5, 5.41) is 3.71. The fourth-order valence-corrected chi connectivity index (χ4v) is 4.03. The molecule has 0 aliphatic carbocycles. The van der Waals surface area contributed by atoms with Gasteiger partial charge in [0.05, 0.1) is 16.8 Å². The van der Waals surface area contributed by atoms with E-state index in [4.69, 9.17) is 5.73 Å². The fourth-order valence-electron chi connectivity index (χ4n) is 2.98. The van der Waals surface area contributed by atoms with E-state index in [-0.39, 0.29) is 11.5 Å². The number of hydrogen-bond acceptors (Lipinski definition) is 4. The molecule has 2 amide bonds. The molecule has 2 aromatic rings. The van der Waals surface area contributed by atoms with Gasteiger partial charge < -0.3 is 15.5 Å². The molecule has 0 bridgehead atoms. The SMILES string of the molecule is NC(=O)c1c(F)cc(Br)cc1N1CCCN(C(=O)c2ccsc2)CC1. The lowest BCUT2D eigenvalue weighted by Crippen LogP contribution is -2.35. The highest BCUT2D eigenvalue weighted by Gasteiger charge is 2.24. The highest BCUT2D eigenvalue weighted by atomic mass is 79.9. The predicted molar refractivity (Wildman–Crippen MR) is 99.7 cm³/mol. The maximum absolute atomic E-state index is 14.2. The Morgan fingerprint density at radius 3 is 2.68 bits per heavy atom. The molecule has 3 rings (SSSR count). The van der Waals surface area contributed by atoms with Crippen molar-refractivity contribution < 1.29 is 14.0 Å². The largest absolute Gasteiger partial charge is 0.369 e. The zero-order valence-corrected chi connectivity index (χ0v) is 15.8. The van der Waals surface area contributed by atoms with E-state index in [9.17, 15) is 14.0 Å². The van der Waals surface area contributed by atoms with E-state index in [1.165, 1.54) is 17.4 Å². The molecule has 25 heavy (non-hydrogen) atoms. The molecule has 1 aliphatic heterocycles. The Labute approximate surface area is 157 Å². The third-order valence-electron chi connectivity index (χ3n) is 4.17. The summed E-state index contributed by atoms with van der Waals surface area (Å²) >= 11 is 4.75. The summed E-state index contributed by atoms with van der Waals surface area (Å²) in [5.41, 5.74) is 6.40. The Kier molecular flexibility index (Phi) is 5.39. The van der Waals surface area contributed by atoms with Gasteiger partial charge in [-0.05, 0) is 30.0 Å². The van der Waals surface area contributed by atoms with E-state index in [0.717, 1.165) is 6.42 Å². The van der Waals surface area contributed by atoms with Gasteiger partial charge in [0, 0.05) is 36.0 Å². The normalized spacial score (nSPS) is 15.1. The van der Waals surface area contributed by atoms with Crippen molar-refractivity contribution in [3.05, 3.63) is 50.4 Å². The van der Waals surface area contributed by atoms with Gasteiger partial charge >= 0.3 is 0 Å². The number of benzene rings is 1. The van der Waals surface area contributed by atoms with Gasteiger partial charge in [0.25, 0.3) is 11.8 Å². The molecule has 1 fully saturated rings. The third-order valence-corrected chi connectivity index (χ3v) is 5.31. The van der Waals surface area contributed by atoms with Crippen LogP contribution in [-0.4, -0.2) is 42.9 Å². The number of halogens is 2. The van der Waals surface area contributed by atoms with Crippen LogP contribution >= 0.6 is 27.3 Å². The molecule has 0 unspecified atom stereocenters. The third kappa shape index (κ3) is 3.85. The molecule has 8 heteroatoms. The number of nitrogens with two attached hydrogens (primary N) is 1. The molecule has 0 radical (unpaired) electrons. The van der Waals surface area contributed by atoms with Crippen molar-refractivity contribution in [2.45, 2.75) is 6.42 Å². The molecule has 1 saturated heterocycles. The zero-order valence-electron chi connectivity index (χ0n) is 13.4. The van der Waals surface area contributed by atoms with Gasteiger partial charge in [-0.15, -0.1) is 0 Å². The molecule has 1 aromatic heterocycles. The Morgan fingerprint density at radius 2 is 2.00 bits per heavy atom. The number of rotatable bonds is 3. The maximum atomic E-state index is 14.2. The topological polar surface area (TPSA) is 66.6 Å². The number of hydrogen-bond donors (Lipinski definition) is 1. The van der Waals surface area contributed by atoms with Gasteiger partial charge in [0.2, 0.25) is 0 Å². The molecular formula is C17H17BrFN3O2S. The average molecular weight is 426 g/mol. The minimum absolute atomic E-state index is 0.00125. The van der Waals surface area contributed by atoms with Crippen molar-refractivity contribution in [2.24, 2.45) is 5.73 Å². The number of carbonyl (C=O) groups is 2. The van der Waals surface area contributed by atoms with Crippen molar-refractivity contribution in [1.82, 2.24) is 4.90 Å². The first kappa shape index (κ1) is 17.9. The minimum atomic E-state index is -0.796. The predicted octanol–water partition coefficient (Wildman–Crippen LogP) is 3.10. The van der Waals surface area contributed by atoms with Crippen molar-refractivity contribution in [3.8, 4) is 0 Å². The molecule has 2 N–H and O–H groups in total. The minimum Gasteiger partial charge on any atom is -0.369 e. The number of carbonyl (C=O) groups excluding carboxylic acids is 2. The van der Waals surface area contributed by atoms with Crippen LogP contribution in [0.2, 0.25) is 0 Å². The molecule has 1 aliphatic rings. The number of nitrogens with zero attached hydrogens (tertiary/aromatic N) is 2. The number of amides is 2. The van der Waals surface area contributed by atoms with Crippen molar-refractivity contribution in [2.75, 3.05) is 31.1 Å². The van der Waals surface area contributed by atoms with E-state index in [2.05, 4.69) is 15.9 Å². The molecule has 132 valence electrons. The van der Waals surface area contributed by atoms with Gasteiger partial charge in [-0.3, -0.25) is 9.59 Å². The summed E-state index contributed by atoms with van der Waals surface area (Å²) in [6.07, 6.45) is 0.724. The van der Waals surface area contributed by atoms with Crippen molar-refractivity contribution in [1.29, 1.82) is 0 Å². The molecule has 0 spiro atoms. The van der Waals surface area contributed by atoms with Crippen LogP contribution in [0.15, 0.2) is 33.4 Å². The van der Waals surface area contributed by atoms with E-state index in [1.807, 2.05) is 21.7 Å². The molecule has 0 saturated carbocycles. The average Bonchev–Trinajstić information content (AvgIpc) is 2.97. The number of thiophene rings is 1. The quantitative estimate of drug-likeness (QED) is 0.821. The van der Waals surface area contributed by atoms with Crippen LogP contribution in [0, 0.1) is 5.82 Å². The van der Waals surface area contributed by atoms with E-state index < -0.39 is 11.7 Å². The molecule has 5 nitrogen and oxygen atoms in total. The molecule has 1 aromatic carbocycles. The Bertz CT molecular complexity index is 797. The molecule has 0 atom stereocenters. The highest BCUT2D eigenvalue weighted by molar-refractivity contribution is 9.10. The second-order valence-electron chi connectivity index (χ2n) is 5.79. The van der Waals surface area contributed by atoms with Gasteiger partial charge in [-0.2, -0.15) is 11.3 Å². The van der Waals surface area contributed by atoms with E-state index in [0.29, 0.717) is 41.9 Å². The lowest BCUT2D eigenvalue weighted by Gasteiger charge is -2.25. The van der Waals surface area contributed by atoms with E-state index >= 15 is 0 Å². The maximum Gasteiger partial charge on any atom is 0.254 e. The summed E-state index contributed by atoms with van der Waals surface area (Å²) in [7, 11) is 0. The van der Waals surface area contributed by atoms with Crippen LogP contribution in [0.1, 0.15) is 27.1 Å². The first-order valence-corrected chi connectivity index (χ1v) is 9.56. The Balaban J connectivity index is 1.82. The van der Waals surface area contributed by atoms with Crippen LogP contribution in [0.3, 0.4) is 0 Å². The lowest BCUT2D eigenvalue weighted by molar-refractivity contribution is 0.0767. The van der Waals surface area contributed by atoms with E-state index in [1.54, 1.807) is 11.0 Å². The van der Waals surface area contributed by atoms with Gasteiger partial charge in [0.1, 0.15) is 5.82 Å². The van der Waals surface area contributed by atoms with Gasteiger partial charge in [-0.25, -0.2) is 4.39 Å². The van der Waals surface area contributed by atoms with Gasteiger partial charge in [-0.1, -0.05) is 15.9 Å². The fraction of sp³-hybridized carbons (Fsp3) is 0.294. The van der Waals surface area contributed by atoms with Crippen LogP contribution in [0.4, 0.5) is 10.1 Å². The second kappa shape index (κ2) is 7.53. The Hall–Kier alpha value is -1.93. The smallest absolute Gasteiger partial charge is 0.254 e. The van der Waals surface area contributed by atoms with Crippen LogP contribution in [-0.2, 0) is 0 Å². The molecule has 2 heterocycles. The summed E-state index contributed by atoms with van der Waals surface area (Å²) in [6, 6.07) is 4.73. The number of primary amides is 1. The second-order valence-corrected chi connectivity index (χ2v) is 7.49. The highest BCUT2D eigenvalue weighted by Crippen LogP contribution is 2.29. The first-order valence-electron chi connectivity index (χ1n) is 7.82. The van der Waals surface area contributed by atoms with Crippen LogP contribution < -0.4 is 10.6 Å². The van der Waals surface area contributed by atoms with Crippen molar-refractivity contribution >= 4 is 44.8 Å². The van der Waals surface area contributed by atoms with Crippen LogP contribution in [0.25, 0.3) is 0 Å². The van der Waals surface area contributed by atoms with Crippen molar-refractivity contribution in [3.63, 3.8) is 0 Å². The molecular weight excluding hydrogens is 409 g/mol. The van der Waals surface area contributed by atoms with Crippen LogP contribution in [0.5, 0.6) is 0 Å². The lowest BCUT2D eigenvalue weighted by atomic mass is 10.1. The summed E-state index contributed by atoms with van der Waals surface area (Å²) in [4.78, 5) is 27.9. The standard InChI is InChI=1S/C17H17BrFN3O2S/c18-12-8-13(19)15(16(20)23)14(9-12)21-3-1-4-22(6-5-21)17(24)11-2-7-25-10-11/h2,7-10H,1,3-6H2,(H2,20,23). The number of anilines is 1. The Morgan fingerprint density at radius 1 is 1.20 bits per heavy atom.